The van der Waals surface area contributed by atoms with Crippen molar-refractivity contribution in [3.8, 4) is 22.8 Å². The topological polar surface area (TPSA) is 99.4 Å². The molecule has 1 aliphatic heterocycles. The van der Waals surface area contributed by atoms with Gasteiger partial charge in [0, 0.05) is 11.9 Å². The molecular weight excluding hydrogens is 394 g/mol. The number of rotatable bonds is 4. The second kappa shape index (κ2) is 7.94. The Hall–Kier alpha value is -3.75. The molecule has 0 radical (unpaired) electrons. The number of hydrogen-bond donors (Lipinski definition) is 2. The first-order valence-electron chi connectivity index (χ1n) is 9.13. The molecule has 7 nitrogen and oxygen atoms in total. The Labute approximate surface area is 170 Å². The van der Waals surface area contributed by atoms with Gasteiger partial charge in [-0.1, -0.05) is 0 Å². The maximum Gasteiger partial charge on any atom is 0.231 e. The Morgan fingerprint density at radius 3 is 2.70 bits per heavy atom. The van der Waals surface area contributed by atoms with Gasteiger partial charge < -0.3 is 20.5 Å². The van der Waals surface area contributed by atoms with Crippen molar-refractivity contribution in [2.75, 3.05) is 24.8 Å². The van der Waals surface area contributed by atoms with Gasteiger partial charge in [0.1, 0.15) is 29.7 Å². The van der Waals surface area contributed by atoms with Crippen LogP contribution in [0.2, 0.25) is 0 Å². The molecule has 2 aromatic carbocycles. The molecule has 0 fully saturated rings. The monoisotopic (exact) mass is 412 g/mol. The average Bonchev–Trinajstić information content (AvgIpc) is 2.72. The highest BCUT2D eigenvalue weighted by Gasteiger charge is 2.27. The number of benzene rings is 2. The summed E-state index contributed by atoms with van der Waals surface area (Å²) < 4.78 is 40.0. The largest absolute Gasteiger partial charge is 0.497 e. The van der Waals surface area contributed by atoms with Gasteiger partial charge in [-0.15, -0.1) is 0 Å². The minimum Gasteiger partial charge on any atom is -0.497 e. The highest BCUT2D eigenvalue weighted by Crippen LogP contribution is 2.32. The van der Waals surface area contributed by atoms with Crippen molar-refractivity contribution in [2.45, 2.75) is 6.42 Å². The summed E-state index contributed by atoms with van der Waals surface area (Å²) in [4.78, 5) is 20.2. The molecule has 154 valence electrons. The summed E-state index contributed by atoms with van der Waals surface area (Å²) >= 11 is 0. The summed E-state index contributed by atoms with van der Waals surface area (Å²) in [6.45, 7) is 0.161. The zero-order valence-electron chi connectivity index (χ0n) is 16.0. The van der Waals surface area contributed by atoms with Crippen LogP contribution in [-0.2, 0) is 11.2 Å². The fourth-order valence-corrected chi connectivity index (χ4v) is 3.31. The third kappa shape index (κ3) is 3.86. The summed E-state index contributed by atoms with van der Waals surface area (Å²) in [5.41, 5.74) is 5.98. The van der Waals surface area contributed by atoms with E-state index in [9.17, 15) is 13.6 Å². The molecule has 2 heterocycles. The van der Waals surface area contributed by atoms with Gasteiger partial charge >= 0.3 is 0 Å². The molecule has 3 aromatic rings. The molecule has 3 N–H and O–H groups in total. The predicted octanol–water partition coefficient (Wildman–Crippen LogP) is 3.20. The van der Waals surface area contributed by atoms with Crippen LogP contribution in [0.4, 0.5) is 20.4 Å². The number of carbonyl (C=O) groups excluding carboxylic acids is 1. The van der Waals surface area contributed by atoms with E-state index in [0.29, 0.717) is 17.9 Å². The highest BCUT2D eigenvalue weighted by atomic mass is 19.1. The van der Waals surface area contributed by atoms with Crippen LogP contribution in [0.15, 0.2) is 42.6 Å². The molecule has 1 atom stereocenters. The lowest BCUT2D eigenvalue weighted by atomic mass is 9.95. The van der Waals surface area contributed by atoms with Crippen molar-refractivity contribution < 1.29 is 23.0 Å². The highest BCUT2D eigenvalue weighted by molar-refractivity contribution is 5.93. The number of nitrogens with zero attached hydrogens (tertiary/aromatic N) is 2. The Morgan fingerprint density at radius 2 is 2.00 bits per heavy atom. The summed E-state index contributed by atoms with van der Waals surface area (Å²) in [6, 6.07) is 8.78. The molecule has 0 spiro atoms. The second-order valence-corrected chi connectivity index (χ2v) is 6.79. The van der Waals surface area contributed by atoms with Crippen molar-refractivity contribution in [3.05, 3.63) is 59.8 Å². The molecule has 9 heteroatoms. The smallest absolute Gasteiger partial charge is 0.231 e. The second-order valence-electron chi connectivity index (χ2n) is 6.79. The van der Waals surface area contributed by atoms with E-state index in [0.717, 1.165) is 17.7 Å². The minimum atomic E-state index is -0.877. The van der Waals surface area contributed by atoms with Gasteiger partial charge in [0.2, 0.25) is 11.9 Å². The van der Waals surface area contributed by atoms with E-state index in [1.54, 1.807) is 25.3 Å². The zero-order valence-corrected chi connectivity index (χ0v) is 16.0. The van der Waals surface area contributed by atoms with E-state index in [4.69, 9.17) is 15.2 Å². The SMILES string of the molecule is COc1ccc2c(c1)CC(C(=O)Nc1cc(F)c(-c3ccnc(N)n3)c(F)c1)CO2. The first kappa shape index (κ1) is 19.6. The van der Waals surface area contributed by atoms with Gasteiger partial charge in [0.05, 0.1) is 24.3 Å². The molecule has 1 aromatic heterocycles. The molecule has 4 rings (SSSR count). The standard InChI is InChI=1S/C21H18F2N4O3/c1-29-14-2-3-18-11(7-14)6-12(10-30-18)20(28)26-13-8-15(22)19(16(23)9-13)17-4-5-25-21(24)27-17/h2-5,7-9,12H,6,10H2,1H3,(H,26,28)(H2,24,25,27). The maximum atomic E-state index is 14.6. The predicted molar refractivity (Wildman–Crippen MR) is 106 cm³/mol. The lowest BCUT2D eigenvalue weighted by Crippen LogP contribution is -2.32. The number of nitrogens with two attached hydrogens (primary N) is 1. The van der Waals surface area contributed by atoms with Gasteiger partial charge in [0.15, 0.2) is 0 Å². The fourth-order valence-electron chi connectivity index (χ4n) is 3.31. The average molecular weight is 412 g/mol. The van der Waals surface area contributed by atoms with Crippen molar-refractivity contribution in [2.24, 2.45) is 5.92 Å². The number of carbonyl (C=O) groups is 1. The number of halogens is 2. The number of ether oxygens (including phenoxy) is 2. The van der Waals surface area contributed by atoms with Gasteiger partial charge in [-0.25, -0.2) is 18.7 Å². The molecule has 0 saturated heterocycles. The summed E-state index contributed by atoms with van der Waals surface area (Å²) in [7, 11) is 1.55. The Bertz CT molecular complexity index is 1100. The number of fused-ring (bicyclic) bond motifs is 1. The normalized spacial score (nSPS) is 15.1. The molecule has 1 aliphatic rings. The van der Waals surface area contributed by atoms with Crippen LogP contribution in [-0.4, -0.2) is 29.6 Å². The molecular formula is C21H18F2N4O3. The summed E-state index contributed by atoms with van der Waals surface area (Å²) in [6.07, 6.45) is 1.73. The van der Waals surface area contributed by atoms with E-state index in [1.165, 1.54) is 12.3 Å². The number of methoxy groups -OCH3 is 1. The van der Waals surface area contributed by atoms with Gasteiger partial charge in [-0.3, -0.25) is 4.79 Å². The number of nitrogens with one attached hydrogen (secondary N) is 1. The molecule has 0 bridgehead atoms. The van der Waals surface area contributed by atoms with Gasteiger partial charge in [0.25, 0.3) is 0 Å². The van der Waals surface area contributed by atoms with E-state index in [1.807, 2.05) is 0 Å². The molecule has 30 heavy (non-hydrogen) atoms. The van der Waals surface area contributed by atoms with Crippen molar-refractivity contribution in [1.29, 1.82) is 0 Å². The van der Waals surface area contributed by atoms with Crippen LogP contribution < -0.4 is 20.5 Å². The van der Waals surface area contributed by atoms with Crippen molar-refractivity contribution in [3.63, 3.8) is 0 Å². The lowest BCUT2D eigenvalue weighted by Gasteiger charge is -2.25. The third-order valence-electron chi connectivity index (χ3n) is 4.78. The van der Waals surface area contributed by atoms with Crippen molar-refractivity contribution in [1.82, 2.24) is 9.97 Å². The quantitative estimate of drug-likeness (QED) is 0.683. The van der Waals surface area contributed by atoms with Crippen LogP contribution in [0, 0.1) is 17.6 Å². The van der Waals surface area contributed by atoms with Crippen LogP contribution in [0.25, 0.3) is 11.3 Å². The molecule has 1 unspecified atom stereocenters. The van der Waals surface area contributed by atoms with Crippen LogP contribution in [0.1, 0.15) is 5.56 Å². The van der Waals surface area contributed by atoms with Gasteiger partial charge in [-0.05, 0) is 48.4 Å². The first-order valence-corrected chi connectivity index (χ1v) is 9.13. The van der Waals surface area contributed by atoms with Gasteiger partial charge in [-0.2, -0.15) is 0 Å². The zero-order chi connectivity index (χ0) is 21.3. The van der Waals surface area contributed by atoms with Crippen molar-refractivity contribution >= 4 is 17.5 Å². The number of amides is 1. The minimum absolute atomic E-state index is 0.00258. The van der Waals surface area contributed by atoms with E-state index in [-0.39, 0.29) is 29.5 Å². The van der Waals surface area contributed by atoms with Crippen LogP contribution in [0.3, 0.4) is 0 Å². The molecule has 1 amide bonds. The summed E-state index contributed by atoms with van der Waals surface area (Å²) in [5, 5.41) is 2.56. The van der Waals surface area contributed by atoms with E-state index in [2.05, 4.69) is 15.3 Å². The van der Waals surface area contributed by atoms with Crippen LogP contribution in [0.5, 0.6) is 11.5 Å². The molecule has 0 aliphatic carbocycles. The fraction of sp³-hybridized carbons (Fsp3) is 0.190. The Morgan fingerprint density at radius 1 is 1.23 bits per heavy atom. The number of anilines is 2. The number of aromatic nitrogens is 2. The maximum absolute atomic E-state index is 14.6. The van der Waals surface area contributed by atoms with Crippen LogP contribution >= 0.6 is 0 Å². The first-order chi connectivity index (χ1) is 14.4. The number of hydrogen-bond acceptors (Lipinski definition) is 6. The van der Waals surface area contributed by atoms with E-state index < -0.39 is 23.5 Å². The Kier molecular flexibility index (Phi) is 5.18. The lowest BCUT2D eigenvalue weighted by molar-refractivity contribution is -0.121. The van der Waals surface area contributed by atoms with E-state index >= 15 is 0 Å². The molecule has 0 saturated carbocycles. The Balaban J connectivity index is 1.52. The summed E-state index contributed by atoms with van der Waals surface area (Å²) in [5.74, 6) is -1.43. The third-order valence-corrected chi connectivity index (χ3v) is 4.78. The number of nitrogen functional groups attached to an aromatic ring is 1.